The number of carbonyl (C=O) groups is 1. The van der Waals surface area contributed by atoms with Crippen LogP contribution in [0.15, 0.2) is 45.6 Å². The zero-order valence-corrected chi connectivity index (χ0v) is 11.6. The van der Waals surface area contributed by atoms with Gasteiger partial charge in [0.25, 0.3) is 5.91 Å². The van der Waals surface area contributed by atoms with Crippen molar-refractivity contribution in [3.63, 3.8) is 0 Å². The second-order valence-electron chi connectivity index (χ2n) is 4.33. The third-order valence-electron chi connectivity index (χ3n) is 2.80. The predicted molar refractivity (Wildman–Crippen MR) is 65.3 cm³/mol. The molecule has 2 heterocycles. The summed E-state index contributed by atoms with van der Waals surface area (Å²) in [6.07, 6.45) is 3.12. The Morgan fingerprint density at radius 1 is 1.26 bits per heavy atom. The molecule has 0 aliphatic heterocycles. The van der Waals surface area contributed by atoms with Gasteiger partial charge in [-0.3, -0.25) is 4.79 Å². The summed E-state index contributed by atoms with van der Waals surface area (Å²) in [5.74, 6) is 0.967. The summed E-state index contributed by atoms with van der Waals surface area (Å²) < 4.78 is 10.4. The Morgan fingerprint density at radius 2 is 1.95 bits per heavy atom. The lowest BCUT2D eigenvalue weighted by atomic mass is 10.2. The van der Waals surface area contributed by atoms with Crippen molar-refractivity contribution in [2.24, 2.45) is 0 Å². The van der Waals surface area contributed by atoms with E-state index in [9.17, 15) is 4.79 Å². The minimum absolute atomic E-state index is 0. The predicted octanol–water partition coefficient (Wildman–Crippen LogP) is -2.51. The van der Waals surface area contributed by atoms with Crippen LogP contribution in [0.5, 0.6) is 0 Å². The Balaban J connectivity index is 0.00000180. The molecular weight excluding hydrogens is 268 g/mol. The second kappa shape index (κ2) is 7.01. The summed E-state index contributed by atoms with van der Waals surface area (Å²) in [7, 11) is 4.04. The van der Waals surface area contributed by atoms with E-state index in [4.69, 9.17) is 8.83 Å². The number of quaternary nitrogens is 1. The number of rotatable bonds is 5. The highest BCUT2D eigenvalue weighted by molar-refractivity contribution is 5.91. The van der Waals surface area contributed by atoms with Gasteiger partial charge in [0.05, 0.1) is 33.2 Å². The molecule has 0 saturated heterocycles. The number of furan rings is 2. The fraction of sp³-hybridized carbons (Fsp3) is 0.308. The van der Waals surface area contributed by atoms with E-state index in [1.807, 2.05) is 26.2 Å². The summed E-state index contributed by atoms with van der Waals surface area (Å²) in [6, 6.07) is 7.17. The average Bonchev–Trinajstić information content (AvgIpc) is 3.01. The number of halogens is 1. The monoisotopic (exact) mass is 284 g/mol. The van der Waals surface area contributed by atoms with E-state index < -0.39 is 0 Å². The van der Waals surface area contributed by atoms with Crippen LogP contribution in [0, 0.1) is 0 Å². The van der Waals surface area contributed by atoms with E-state index in [0.717, 1.165) is 5.76 Å². The lowest BCUT2D eigenvalue weighted by Gasteiger charge is -2.19. The summed E-state index contributed by atoms with van der Waals surface area (Å²) in [6.45, 7) is 0.495. The van der Waals surface area contributed by atoms with Crippen LogP contribution in [0.3, 0.4) is 0 Å². The molecule has 1 atom stereocenters. The third-order valence-corrected chi connectivity index (χ3v) is 2.80. The first-order valence-electron chi connectivity index (χ1n) is 5.83. The molecule has 0 aliphatic carbocycles. The highest BCUT2D eigenvalue weighted by Gasteiger charge is 2.22. The first-order chi connectivity index (χ1) is 8.68. The molecule has 1 amide bonds. The minimum Gasteiger partial charge on any atom is -1.00 e. The summed E-state index contributed by atoms with van der Waals surface area (Å²) in [5, 5.41) is 2.84. The molecule has 0 bridgehead atoms. The van der Waals surface area contributed by atoms with Gasteiger partial charge in [-0.15, -0.1) is 0 Å². The number of nitrogens with one attached hydrogen (secondary N) is 2. The molecule has 5 nitrogen and oxygen atoms in total. The normalized spacial score (nSPS) is 11.9. The SMILES string of the molecule is C[NH+](C)C(CNC(=O)c1ccco1)c1ccco1.[Cl-]. The topological polar surface area (TPSA) is 59.8 Å². The molecule has 0 spiro atoms. The first-order valence-corrected chi connectivity index (χ1v) is 5.83. The fourth-order valence-electron chi connectivity index (χ4n) is 1.77. The van der Waals surface area contributed by atoms with Gasteiger partial charge in [0.2, 0.25) is 0 Å². The van der Waals surface area contributed by atoms with Crippen LogP contribution >= 0.6 is 0 Å². The Bertz CT molecular complexity index is 480. The summed E-state index contributed by atoms with van der Waals surface area (Å²) in [5.41, 5.74) is 0. The molecular formula is C13H17ClN2O3. The maximum atomic E-state index is 11.8. The smallest absolute Gasteiger partial charge is 0.287 e. The Kier molecular flexibility index (Phi) is 5.66. The van der Waals surface area contributed by atoms with Gasteiger partial charge >= 0.3 is 0 Å². The van der Waals surface area contributed by atoms with Crippen molar-refractivity contribution >= 4 is 5.91 Å². The highest BCUT2D eigenvalue weighted by atomic mass is 35.5. The molecule has 0 saturated carbocycles. The summed E-state index contributed by atoms with van der Waals surface area (Å²) >= 11 is 0. The fourth-order valence-corrected chi connectivity index (χ4v) is 1.77. The van der Waals surface area contributed by atoms with Crippen LogP contribution in [0.25, 0.3) is 0 Å². The molecule has 0 aliphatic rings. The Morgan fingerprint density at radius 3 is 2.47 bits per heavy atom. The highest BCUT2D eigenvalue weighted by Crippen LogP contribution is 2.09. The molecule has 0 fully saturated rings. The van der Waals surface area contributed by atoms with Crippen molar-refractivity contribution in [3.8, 4) is 0 Å². The number of hydrogen-bond donors (Lipinski definition) is 2. The van der Waals surface area contributed by atoms with E-state index in [0.29, 0.717) is 12.3 Å². The van der Waals surface area contributed by atoms with Crippen LogP contribution in [-0.2, 0) is 0 Å². The van der Waals surface area contributed by atoms with E-state index in [-0.39, 0.29) is 24.4 Å². The Hall–Kier alpha value is -1.72. The van der Waals surface area contributed by atoms with Crippen LogP contribution < -0.4 is 22.6 Å². The lowest BCUT2D eigenvalue weighted by molar-refractivity contribution is -0.891. The molecule has 0 aromatic carbocycles. The van der Waals surface area contributed by atoms with Crippen molar-refractivity contribution in [2.75, 3.05) is 20.6 Å². The lowest BCUT2D eigenvalue weighted by Crippen LogP contribution is -3.07. The molecule has 2 N–H and O–H groups in total. The molecule has 0 radical (unpaired) electrons. The van der Waals surface area contributed by atoms with Gasteiger partial charge in [-0.2, -0.15) is 0 Å². The molecule has 2 aromatic heterocycles. The minimum atomic E-state index is -0.210. The maximum absolute atomic E-state index is 11.8. The van der Waals surface area contributed by atoms with Gasteiger partial charge in [-0.25, -0.2) is 0 Å². The quantitative estimate of drug-likeness (QED) is 0.638. The van der Waals surface area contributed by atoms with Gasteiger partial charge < -0.3 is 31.5 Å². The molecule has 2 rings (SSSR count). The average molecular weight is 285 g/mol. The molecule has 6 heteroatoms. The van der Waals surface area contributed by atoms with Crippen LogP contribution in [-0.4, -0.2) is 26.5 Å². The van der Waals surface area contributed by atoms with Crippen LogP contribution in [0.2, 0.25) is 0 Å². The first kappa shape index (κ1) is 15.3. The largest absolute Gasteiger partial charge is 1.00 e. The van der Waals surface area contributed by atoms with E-state index in [1.54, 1.807) is 18.4 Å². The number of hydrogen-bond acceptors (Lipinski definition) is 3. The van der Waals surface area contributed by atoms with Gasteiger partial charge in [0, 0.05) is 0 Å². The molecule has 104 valence electrons. The zero-order chi connectivity index (χ0) is 13.0. The maximum Gasteiger partial charge on any atom is 0.287 e. The van der Waals surface area contributed by atoms with Crippen molar-refractivity contribution in [1.82, 2.24) is 5.32 Å². The van der Waals surface area contributed by atoms with Crippen LogP contribution in [0.4, 0.5) is 0 Å². The standard InChI is InChI=1S/C13H16N2O3.ClH/c1-15(2)10(11-5-3-7-17-11)9-14-13(16)12-6-4-8-18-12;/h3-8,10H,9H2,1-2H3,(H,14,16);1H. The van der Waals surface area contributed by atoms with Gasteiger partial charge in [0.15, 0.2) is 17.6 Å². The number of carbonyl (C=O) groups excluding carboxylic acids is 1. The van der Waals surface area contributed by atoms with Crippen LogP contribution in [0.1, 0.15) is 22.4 Å². The van der Waals surface area contributed by atoms with Gasteiger partial charge in [-0.05, 0) is 24.3 Å². The van der Waals surface area contributed by atoms with Gasteiger partial charge in [0.1, 0.15) is 0 Å². The third kappa shape index (κ3) is 3.87. The molecule has 1 unspecified atom stereocenters. The van der Waals surface area contributed by atoms with Crippen molar-refractivity contribution in [3.05, 3.63) is 48.3 Å². The Labute approximate surface area is 118 Å². The number of likely N-dealkylation sites (N-methyl/N-ethyl adjacent to an activating group) is 1. The van der Waals surface area contributed by atoms with E-state index in [2.05, 4.69) is 5.32 Å². The molecule has 2 aromatic rings. The number of amides is 1. The zero-order valence-electron chi connectivity index (χ0n) is 10.9. The van der Waals surface area contributed by atoms with Gasteiger partial charge in [-0.1, -0.05) is 0 Å². The van der Waals surface area contributed by atoms with E-state index in [1.165, 1.54) is 11.2 Å². The molecule has 19 heavy (non-hydrogen) atoms. The second-order valence-corrected chi connectivity index (χ2v) is 4.33. The summed E-state index contributed by atoms with van der Waals surface area (Å²) in [4.78, 5) is 12.9. The van der Waals surface area contributed by atoms with Crippen molar-refractivity contribution < 1.29 is 30.9 Å². The van der Waals surface area contributed by atoms with Crippen molar-refractivity contribution in [1.29, 1.82) is 0 Å². The van der Waals surface area contributed by atoms with E-state index >= 15 is 0 Å². The van der Waals surface area contributed by atoms with Crippen molar-refractivity contribution in [2.45, 2.75) is 6.04 Å².